The lowest BCUT2D eigenvalue weighted by molar-refractivity contribution is -0.123. The summed E-state index contributed by atoms with van der Waals surface area (Å²) < 4.78 is 10.7. The van der Waals surface area contributed by atoms with Crippen molar-refractivity contribution >= 4 is 23.7 Å². The molecule has 3 heterocycles. The molecule has 2 aromatic carbocycles. The summed E-state index contributed by atoms with van der Waals surface area (Å²) in [5, 5.41) is 25.8. The van der Waals surface area contributed by atoms with E-state index in [0.717, 1.165) is 16.8 Å². The molecule has 2 aromatic heterocycles. The van der Waals surface area contributed by atoms with E-state index in [-0.39, 0.29) is 36.1 Å². The van der Waals surface area contributed by atoms with Crippen molar-refractivity contribution in [1.82, 2.24) is 20.6 Å². The van der Waals surface area contributed by atoms with Crippen molar-refractivity contribution in [2.24, 2.45) is 5.92 Å². The van der Waals surface area contributed by atoms with Gasteiger partial charge in [0, 0.05) is 23.4 Å². The SMILES string of the molecule is Cc1c(O)[nH]c(O)c1C(=O)[C@@H](NC(=O)CC(NC(=O)C=Cc1ccc2c(c1)OCO2)c1ccc(-c2ccccn2)cc1)C(C)C. The van der Waals surface area contributed by atoms with E-state index in [1.807, 2.05) is 42.5 Å². The van der Waals surface area contributed by atoms with Gasteiger partial charge in [-0.2, -0.15) is 0 Å². The Morgan fingerprint density at radius 3 is 2.40 bits per heavy atom. The second kappa shape index (κ2) is 13.4. The highest BCUT2D eigenvalue weighted by Gasteiger charge is 2.31. The van der Waals surface area contributed by atoms with Crippen molar-refractivity contribution in [3.8, 4) is 34.5 Å². The fraction of sp³-hybridized carbons (Fsp3) is 0.235. The number of hydrogen-bond acceptors (Lipinski definition) is 8. The molecule has 1 aliphatic rings. The molecule has 1 unspecified atom stereocenters. The van der Waals surface area contributed by atoms with Crippen molar-refractivity contribution in [3.63, 3.8) is 0 Å². The van der Waals surface area contributed by atoms with Gasteiger partial charge < -0.3 is 30.3 Å². The van der Waals surface area contributed by atoms with Gasteiger partial charge in [-0.05, 0) is 54.3 Å². The summed E-state index contributed by atoms with van der Waals surface area (Å²) in [6.45, 7) is 5.16. The molecule has 0 saturated heterocycles. The van der Waals surface area contributed by atoms with Crippen LogP contribution in [0.3, 0.4) is 0 Å². The van der Waals surface area contributed by atoms with Crippen LogP contribution in [-0.4, -0.2) is 50.6 Å². The summed E-state index contributed by atoms with van der Waals surface area (Å²) in [6.07, 6.45) is 4.53. The molecule has 5 N–H and O–H groups in total. The number of amides is 2. The monoisotopic (exact) mass is 610 g/mol. The zero-order valence-electron chi connectivity index (χ0n) is 25.0. The van der Waals surface area contributed by atoms with E-state index in [1.165, 1.54) is 13.0 Å². The molecular weight excluding hydrogens is 576 g/mol. The smallest absolute Gasteiger partial charge is 0.244 e. The first-order chi connectivity index (χ1) is 21.6. The molecule has 2 amide bonds. The largest absolute Gasteiger partial charge is 0.494 e. The van der Waals surface area contributed by atoms with Gasteiger partial charge in [0.15, 0.2) is 23.2 Å². The third kappa shape index (κ3) is 7.15. The fourth-order valence-corrected chi connectivity index (χ4v) is 5.05. The third-order valence-corrected chi connectivity index (χ3v) is 7.52. The molecule has 0 radical (unpaired) electrons. The number of carbonyl (C=O) groups is 3. The van der Waals surface area contributed by atoms with Gasteiger partial charge in [-0.15, -0.1) is 0 Å². The first-order valence-electron chi connectivity index (χ1n) is 14.4. The number of H-pyrrole nitrogens is 1. The first kappa shape index (κ1) is 30.9. The molecule has 0 saturated carbocycles. The van der Waals surface area contributed by atoms with E-state index in [1.54, 1.807) is 44.3 Å². The van der Waals surface area contributed by atoms with Crippen LogP contribution in [0.25, 0.3) is 17.3 Å². The predicted octanol–water partition coefficient (Wildman–Crippen LogP) is 4.81. The van der Waals surface area contributed by atoms with Crippen LogP contribution in [-0.2, 0) is 9.59 Å². The maximum atomic E-state index is 13.4. The molecule has 0 spiro atoms. The molecule has 45 heavy (non-hydrogen) atoms. The Bertz CT molecular complexity index is 1730. The van der Waals surface area contributed by atoms with Crippen LogP contribution in [0.4, 0.5) is 0 Å². The normalized spacial score (nSPS) is 13.5. The third-order valence-electron chi connectivity index (χ3n) is 7.52. The van der Waals surface area contributed by atoms with E-state index in [9.17, 15) is 24.6 Å². The van der Waals surface area contributed by atoms with Gasteiger partial charge in [0.05, 0.1) is 29.8 Å². The number of aromatic amines is 1. The number of benzene rings is 2. The van der Waals surface area contributed by atoms with Gasteiger partial charge in [-0.3, -0.25) is 24.4 Å². The fourth-order valence-electron chi connectivity index (χ4n) is 5.05. The second-order valence-electron chi connectivity index (χ2n) is 11.0. The Labute approximate surface area is 259 Å². The number of aromatic nitrogens is 2. The maximum absolute atomic E-state index is 13.4. The van der Waals surface area contributed by atoms with E-state index >= 15 is 0 Å². The number of ketones is 1. The number of aromatic hydroxyl groups is 2. The Kier molecular flexibility index (Phi) is 9.17. The summed E-state index contributed by atoms with van der Waals surface area (Å²) in [5.74, 6) is -1.37. The topological polar surface area (TPSA) is 163 Å². The van der Waals surface area contributed by atoms with Crippen molar-refractivity contribution in [2.45, 2.75) is 39.3 Å². The standard InChI is InChI=1S/C34H34N4O7/c1-19(2)31(32(41)30-20(3)33(42)38-34(30)43)37-29(40)17-25(23-11-9-22(10-12-23)24-6-4-5-15-35-24)36-28(39)14-8-21-7-13-26-27(16-21)45-18-44-26/h4-16,19,25,31,38,42-43H,17-18H2,1-3H3,(H,36,39)(H,37,40)/t25?,31-/m0/s1. The maximum Gasteiger partial charge on any atom is 0.244 e. The number of nitrogens with zero attached hydrogens (tertiary/aromatic N) is 1. The average molecular weight is 611 g/mol. The first-order valence-corrected chi connectivity index (χ1v) is 14.4. The summed E-state index contributed by atoms with van der Waals surface area (Å²) in [6, 6.07) is 16.5. The highest BCUT2D eigenvalue weighted by Crippen LogP contribution is 2.33. The summed E-state index contributed by atoms with van der Waals surface area (Å²) in [5.41, 5.74) is 3.15. The number of pyridine rings is 1. The number of rotatable bonds is 11. The second-order valence-corrected chi connectivity index (χ2v) is 11.0. The molecule has 0 bridgehead atoms. The Hall–Kier alpha value is -5.58. The molecular formula is C34H34N4O7. The average Bonchev–Trinajstić information content (AvgIpc) is 3.60. The highest BCUT2D eigenvalue weighted by atomic mass is 16.7. The number of nitrogens with one attached hydrogen (secondary N) is 3. The molecule has 5 rings (SSSR count). The van der Waals surface area contributed by atoms with Crippen LogP contribution in [0.2, 0.25) is 0 Å². The predicted molar refractivity (Wildman–Crippen MR) is 167 cm³/mol. The summed E-state index contributed by atoms with van der Waals surface area (Å²) in [4.78, 5) is 46.6. The minimum Gasteiger partial charge on any atom is -0.494 e. The van der Waals surface area contributed by atoms with E-state index < -0.39 is 35.6 Å². The van der Waals surface area contributed by atoms with Crippen molar-refractivity contribution in [2.75, 3.05) is 6.79 Å². The van der Waals surface area contributed by atoms with Gasteiger partial charge in [0.1, 0.15) is 0 Å². The van der Waals surface area contributed by atoms with Crippen LogP contribution in [0.15, 0.2) is 72.9 Å². The number of hydrogen-bond donors (Lipinski definition) is 5. The minimum atomic E-state index is -0.994. The lowest BCUT2D eigenvalue weighted by Crippen LogP contribution is -2.45. The Morgan fingerprint density at radius 1 is 0.978 bits per heavy atom. The van der Waals surface area contributed by atoms with Crippen molar-refractivity contribution < 1.29 is 34.1 Å². The van der Waals surface area contributed by atoms with Gasteiger partial charge in [0.2, 0.25) is 24.5 Å². The minimum absolute atomic E-state index is 0.0879. The molecule has 11 heteroatoms. The Balaban J connectivity index is 1.35. The van der Waals surface area contributed by atoms with Gasteiger partial charge in [-0.1, -0.05) is 50.2 Å². The molecule has 2 atom stereocenters. The molecule has 0 aliphatic carbocycles. The number of Topliss-reactive ketones (excluding diaryl/α,β-unsaturated/α-hetero) is 1. The summed E-state index contributed by atoms with van der Waals surface area (Å²) in [7, 11) is 0. The molecule has 0 fully saturated rings. The van der Waals surface area contributed by atoms with Gasteiger partial charge in [0.25, 0.3) is 0 Å². The molecule has 11 nitrogen and oxygen atoms in total. The van der Waals surface area contributed by atoms with Crippen LogP contribution in [0.5, 0.6) is 23.3 Å². The van der Waals surface area contributed by atoms with Crippen LogP contribution in [0, 0.1) is 12.8 Å². The number of carbonyl (C=O) groups excluding carboxylic acids is 3. The lowest BCUT2D eigenvalue weighted by Gasteiger charge is -2.24. The quantitative estimate of drug-likeness (QED) is 0.119. The van der Waals surface area contributed by atoms with Crippen LogP contribution in [0.1, 0.15) is 53.4 Å². The molecule has 232 valence electrons. The number of fused-ring (bicyclic) bond motifs is 1. The zero-order chi connectivity index (χ0) is 32.1. The van der Waals surface area contributed by atoms with Gasteiger partial charge in [-0.25, -0.2) is 0 Å². The van der Waals surface area contributed by atoms with E-state index in [2.05, 4.69) is 20.6 Å². The van der Waals surface area contributed by atoms with Gasteiger partial charge >= 0.3 is 0 Å². The molecule has 1 aliphatic heterocycles. The van der Waals surface area contributed by atoms with Crippen LogP contribution >= 0.6 is 0 Å². The molecule has 4 aromatic rings. The summed E-state index contributed by atoms with van der Waals surface area (Å²) >= 11 is 0. The van der Waals surface area contributed by atoms with E-state index in [4.69, 9.17) is 9.47 Å². The highest BCUT2D eigenvalue weighted by molar-refractivity contribution is 6.05. The zero-order valence-corrected chi connectivity index (χ0v) is 25.0. The Morgan fingerprint density at radius 2 is 1.73 bits per heavy atom. The van der Waals surface area contributed by atoms with Crippen LogP contribution < -0.4 is 20.1 Å². The van der Waals surface area contributed by atoms with Crippen molar-refractivity contribution in [1.29, 1.82) is 0 Å². The number of ether oxygens (including phenoxy) is 2. The van der Waals surface area contributed by atoms with E-state index in [0.29, 0.717) is 17.1 Å². The van der Waals surface area contributed by atoms with Crippen molar-refractivity contribution in [3.05, 3.63) is 95.2 Å². The lowest BCUT2D eigenvalue weighted by atomic mass is 9.93.